The fraction of sp³-hybridized carbons (Fsp3) is 0.533. The van der Waals surface area contributed by atoms with E-state index < -0.39 is 29.9 Å². The summed E-state index contributed by atoms with van der Waals surface area (Å²) >= 11 is 0. The molecular weight excluding hydrogens is 496 g/mol. The Morgan fingerprint density at radius 1 is 1.15 bits per heavy atom. The molecule has 1 aromatic heterocycles. The maximum Gasteiger partial charge on any atom is 0.408 e. The highest BCUT2D eigenvalue weighted by molar-refractivity contribution is 5.86. The number of nitrogens with one attached hydrogen (secondary N) is 2. The summed E-state index contributed by atoms with van der Waals surface area (Å²) in [6, 6.07) is 12.1. The normalized spacial score (nSPS) is 18.7. The van der Waals surface area contributed by atoms with E-state index in [0.717, 1.165) is 16.8 Å². The third-order valence-electron chi connectivity index (χ3n) is 6.45. The van der Waals surface area contributed by atoms with E-state index in [1.807, 2.05) is 56.3 Å². The van der Waals surface area contributed by atoms with Crippen LogP contribution in [0.1, 0.15) is 59.4 Å². The van der Waals surface area contributed by atoms with Crippen molar-refractivity contribution in [1.29, 1.82) is 0 Å². The Kier molecular flexibility index (Phi) is 10.5. The summed E-state index contributed by atoms with van der Waals surface area (Å²) in [5, 5.41) is 16.5. The highest BCUT2D eigenvalue weighted by Crippen LogP contribution is 2.20. The van der Waals surface area contributed by atoms with Crippen molar-refractivity contribution in [1.82, 2.24) is 20.5 Å². The SMILES string of the molecule is CC(C)C[C@H](NC(=O)OC(C)(C)C)C(=O)NC1CCCN(C(=O)Cc2cccc(-c3ccccn3)c2)CC1O. The van der Waals surface area contributed by atoms with Gasteiger partial charge in [-0.1, -0.05) is 38.1 Å². The van der Waals surface area contributed by atoms with E-state index >= 15 is 0 Å². The molecule has 0 radical (unpaired) electrons. The molecule has 0 saturated carbocycles. The minimum Gasteiger partial charge on any atom is -0.444 e. The van der Waals surface area contributed by atoms with E-state index in [4.69, 9.17) is 4.74 Å². The van der Waals surface area contributed by atoms with E-state index in [0.29, 0.717) is 25.8 Å². The number of nitrogens with zero attached hydrogens (tertiary/aromatic N) is 2. The molecule has 1 aliphatic heterocycles. The van der Waals surface area contributed by atoms with Gasteiger partial charge in [-0.2, -0.15) is 0 Å². The Balaban J connectivity index is 1.60. The van der Waals surface area contributed by atoms with Crippen LogP contribution in [0.5, 0.6) is 0 Å². The number of pyridine rings is 1. The average Bonchev–Trinajstić information content (AvgIpc) is 3.04. The zero-order chi connectivity index (χ0) is 28.6. The highest BCUT2D eigenvalue weighted by Gasteiger charge is 2.32. The van der Waals surface area contributed by atoms with Crippen LogP contribution in [-0.4, -0.2) is 69.8 Å². The number of hydrogen-bond donors (Lipinski definition) is 3. The van der Waals surface area contributed by atoms with Crippen molar-refractivity contribution < 1.29 is 24.2 Å². The number of aliphatic hydroxyl groups is 1. The molecule has 1 fully saturated rings. The standard InChI is InChI=1S/C30H42N4O5/c1-20(2)16-25(33-29(38)39-30(3,4)5)28(37)32-24-13-9-15-34(19-26(24)35)27(36)18-21-10-8-11-22(17-21)23-12-6-7-14-31-23/h6-8,10-12,14,17,20,24-26,35H,9,13,15-16,18-19H2,1-5H3,(H,32,37)(H,33,38)/t24?,25-,26?/m0/s1. The van der Waals surface area contributed by atoms with Gasteiger partial charge in [-0.15, -0.1) is 0 Å². The molecule has 0 spiro atoms. The smallest absolute Gasteiger partial charge is 0.408 e. The van der Waals surface area contributed by atoms with Crippen LogP contribution >= 0.6 is 0 Å². The van der Waals surface area contributed by atoms with Crippen LogP contribution in [0.15, 0.2) is 48.7 Å². The lowest BCUT2D eigenvalue weighted by Gasteiger charge is -2.28. The Morgan fingerprint density at radius 2 is 1.92 bits per heavy atom. The Morgan fingerprint density at radius 3 is 2.59 bits per heavy atom. The number of β-amino-alcohol motifs (C(OH)–C–C–N with tert-alkyl or cyclic N) is 1. The van der Waals surface area contributed by atoms with Gasteiger partial charge in [-0.3, -0.25) is 14.6 Å². The number of benzene rings is 1. The Bertz CT molecular complexity index is 1120. The van der Waals surface area contributed by atoms with Crippen LogP contribution in [0.2, 0.25) is 0 Å². The summed E-state index contributed by atoms with van der Waals surface area (Å²) in [6.45, 7) is 9.83. The lowest BCUT2D eigenvalue weighted by Crippen LogP contribution is -2.54. The number of carbonyl (C=O) groups excluding carboxylic acids is 3. The minimum absolute atomic E-state index is 0.0801. The zero-order valence-corrected chi connectivity index (χ0v) is 23.6. The number of hydrogen-bond acceptors (Lipinski definition) is 6. The third kappa shape index (κ3) is 9.66. The van der Waals surface area contributed by atoms with Crippen LogP contribution in [-0.2, 0) is 20.7 Å². The summed E-state index contributed by atoms with van der Waals surface area (Å²) < 4.78 is 5.33. The molecule has 1 aliphatic rings. The molecule has 3 N–H and O–H groups in total. The molecule has 212 valence electrons. The molecule has 2 aromatic rings. The first-order valence-electron chi connectivity index (χ1n) is 13.7. The van der Waals surface area contributed by atoms with Crippen molar-refractivity contribution in [2.45, 2.75) is 84.1 Å². The number of rotatable bonds is 8. The monoisotopic (exact) mass is 538 g/mol. The number of aromatic nitrogens is 1. The summed E-state index contributed by atoms with van der Waals surface area (Å²) in [7, 11) is 0. The van der Waals surface area contributed by atoms with Gasteiger partial charge in [-0.25, -0.2) is 4.79 Å². The van der Waals surface area contributed by atoms with E-state index in [9.17, 15) is 19.5 Å². The first-order chi connectivity index (χ1) is 18.4. The summed E-state index contributed by atoms with van der Waals surface area (Å²) in [5.74, 6) is -0.299. The Hall–Kier alpha value is -3.46. The van der Waals surface area contributed by atoms with E-state index in [1.165, 1.54) is 0 Å². The minimum atomic E-state index is -0.929. The molecule has 0 aliphatic carbocycles. The first kappa shape index (κ1) is 30.1. The van der Waals surface area contributed by atoms with Crippen LogP contribution in [0.4, 0.5) is 4.79 Å². The van der Waals surface area contributed by atoms with E-state index in [2.05, 4.69) is 15.6 Å². The molecule has 1 saturated heterocycles. The molecule has 3 atom stereocenters. The molecule has 9 nitrogen and oxygen atoms in total. The van der Waals surface area contributed by atoms with Crippen molar-refractivity contribution >= 4 is 17.9 Å². The van der Waals surface area contributed by atoms with Crippen LogP contribution in [0, 0.1) is 5.92 Å². The van der Waals surface area contributed by atoms with Gasteiger partial charge in [0.1, 0.15) is 11.6 Å². The van der Waals surface area contributed by atoms with Crippen molar-refractivity contribution in [2.24, 2.45) is 5.92 Å². The summed E-state index contributed by atoms with van der Waals surface area (Å²) in [5.41, 5.74) is 1.97. The number of ether oxygens (including phenoxy) is 1. The zero-order valence-electron chi connectivity index (χ0n) is 23.6. The fourth-order valence-electron chi connectivity index (χ4n) is 4.63. The predicted octanol–water partition coefficient (Wildman–Crippen LogP) is 3.70. The van der Waals surface area contributed by atoms with Crippen molar-refractivity contribution in [3.05, 3.63) is 54.2 Å². The molecule has 1 aromatic carbocycles. The summed E-state index contributed by atoms with van der Waals surface area (Å²) in [4.78, 5) is 44.7. The van der Waals surface area contributed by atoms with Crippen molar-refractivity contribution in [3.63, 3.8) is 0 Å². The molecule has 9 heteroatoms. The summed E-state index contributed by atoms with van der Waals surface area (Å²) in [6.07, 6.45) is 1.94. The van der Waals surface area contributed by atoms with Gasteiger partial charge < -0.3 is 25.4 Å². The quantitative estimate of drug-likeness (QED) is 0.471. The molecular formula is C30H42N4O5. The number of amides is 3. The maximum atomic E-state index is 13.2. The van der Waals surface area contributed by atoms with E-state index in [-0.39, 0.29) is 30.7 Å². The second-order valence-corrected chi connectivity index (χ2v) is 11.6. The second-order valence-electron chi connectivity index (χ2n) is 11.6. The lowest BCUT2D eigenvalue weighted by atomic mass is 10.0. The van der Waals surface area contributed by atoms with E-state index in [1.54, 1.807) is 31.9 Å². The molecule has 39 heavy (non-hydrogen) atoms. The van der Waals surface area contributed by atoms with Crippen LogP contribution in [0.3, 0.4) is 0 Å². The predicted molar refractivity (Wildman–Crippen MR) is 150 cm³/mol. The van der Waals surface area contributed by atoms with Crippen LogP contribution < -0.4 is 10.6 Å². The molecule has 2 heterocycles. The largest absolute Gasteiger partial charge is 0.444 e. The number of aliphatic hydroxyl groups excluding tert-OH is 1. The first-order valence-corrected chi connectivity index (χ1v) is 13.7. The third-order valence-corrected chi connectivity index (χ3v) is 6.45. The van der Waals surface area contributed by atoms with Crippen LogP contribution in [0.25, 0.3) is 11.3 Å². The highest BCUT2D eigenvalue weighted by atomic mass is 16.6. The van der Waals surface area contributed by atoms with Gasteiger partial charge >= 0.3 is 6.09 Å². The van der Waals surface area contributed by atoms with Gasteiger partial charge in [0.05, 0.1) is 24.3 Å². The Labute approximate surface area is 231 Å². The second kappa shape index (κ2) is 13.6. The number of alkyl carbamates (subject to hydrolysis) is 1. The number of carbonyl (C=O) groups is 3. The van der Waals surface area contributed by atoms with Crippen molar-refractivity contribution in [3.8, 4) is 11.3 Å². The molecule has 3 amide bonds. The molecule has 0 bridgehead atoms. The average molecular weight is 539 g/mol. The number of likely N-dealkylation sites (tertiary alicyclic amines) is 1. The van der Waals surface area contributed by atoms with Crippen molar-refractivity contribution in [2.75, 3.05) is 13.1 Å². The van der Waals surface area contributed by atoms with Gasteiger partial charge in [0.2, 0.25) is 11.8 Å². The lowest BCUT2D eigenvalue weighted by molar-refractivity contribution is -0.131. The van der Waals surface area contributed by atoms with Gasteiger partial charge in [0.15, 0.2) is 0 Å². The fourth-order valence-corrected chi connectivity index (χ4v) is 4.63. The maximum absolute atomic E-state index is 13.2. The molecule has 3 rings (SSSR count). The van der Waals surface area contributed by atoms with Gasteiger partial charge in [0, 0.05) is 24.8 Å². The topological polar surface area (TPSA) is 121 Å². The van der Waals surface area contributed by atoms with Gasteiger partial charge in [0.25, 0.3) is 0 Å². The van der Waals surface area contributed by atoms with Gasteiger partial charge in [-0.05, 0) is 69.7 Å². The molecule has 2 unspecified atom stereocenters.